The molecule has 1 saturated heterocycles. The number of carbonyl (C=O) groups is 4. The second-order valence-electron chi connectivity index (χ2n) is 6.19. The average molecular weight is 437 g/mol. The molecule has 1 aromatic rings. The number of methoxy groups -OCH3 is 1. The molecule has 29 heavy (non-hydrogen) atoms. The second kappa shape index (κ2) is 9.31. The van der Waals surface area contributed by atoms with Gasteiger partial charge in [0.15, 0.2) is 0 Å². The molecule has 3 heterocycles. The summed E-state index contributed by atoms with van der Waals surface area (Å²) in [5, 5.41) is 1.98. The van der Waals surface area contributed by atoms with Crippen molar-refractivity contribution in [2.75, 3.05) is 19.5 Å². The molecule has 3 rings (SSSR count). The van der Waals surface area contributed by atoms with E-state index in [0.717, 1.165) is 17.3 Å². The van der Waals surface area contributed by atoms with Crippen molar-refractivity contribution in [2.24, 2.45) is 0 Å². The minimum absolute atomic E-state index is 0.0810. The van der Waals surface area contributed by atoms with E-state index in [1.54, 1.807) is 12.4 Å². The standard InChI is InChI=1S/C18H19N3O6S2/c1-10(22)27-7-12-9-28-16-13(15(23)21(16)14(12)17(24)26-2)20-18(25)29-8-11-3-5-19-6-4-11/h3-6,13,16H,7-9H2,1-2H3,(H,20,25)/t13-,16-/m1/s1. The number of esters is 2. The Morgan fingerprint density at radius 2 is 2.07 bits per heavy atom. The highest BCUT2D eigenvalue weighted by molar-refractivity contribution is 8.12. The zero-order chi connectivity index (χ0) is 21.0. The van der Waals surface area contributed by atoms with Crippen molar-refractivity contribution in [3.8, 4) is 0 Å². The highest BCUT2D eigenvalue weighted by atomic mass is 32.2. The number of pyridine rings is 1. The zero-order valence-electron chi connectivity index (χ0n) is 15.7. The molecule has 1 fully saturated rings. The first-order valence-electron chi connectivity index (χ1n) is 8.63. The first-order chi connectivity index (χ1) is 13.9. The van der Waals surface area contributed by atoms with Crippen LogP contribution in [0.4, 0.5) is 4.79 Å². The summed E-state index contributed by atoms with van der Waals surface area (Å²) in [5.74, 6) is -0.733. The lowest BCUT2D eigenvalue weighted by Gasteiger charge is -2.49. The van der Waals surface area contributed by atoms with E-state index >= 15 is 0 Å². The molecule has 0 aliphatic carbocycles. The van der Waals surface area contributed by atoms with Crippen molar-refractivity contribution in [3.05, 3.63) is 41.4 Å². The van der Waals surface area contributed by atoms with Crippen molar-refractivity contribution in [3.63, 3.8) is 0 Å². The zero-order valence-corrected chi connectivity index (χ0v) is 17.4. The van der Waals surface area contributed by atoms with Crippen LogP contribution in [-0.2, 0) is 29.6 Å². The Bertz CT molecular complexity index is 860. The number of hydrogen-bond acceptors (Lipinski definition) is 9. The molecule has 2 atom stereocenters. The average Bonchev–Trinajstić information content (AvgIpc) is 2.73. The van der Waals surface area contributed by atoms with E-state index < -0.39 is 29.3 Å². The van der Waals surface area contributed by atoms with Gasteiger partial charge in [0.05, 0.1) is 7.11 Å². The molecule has 0 unspecified atom stereocenters. The quantitative estimate of drug-likeness (QED) is 0.519. The molecular formula is C18H19N3O6S2. The Morgan fingerprint density at radius 3 is 2.72 bits per heavy atom. The summed E-state index contributed by atoms with van der Waals surface area (Å²) in [6, 6.07) is 2.89. The third-order valence-corrected chi connectivity index (χ3v) is 6.47. The van der Waals surface area contributed by atoms with Crippen LogP contribution < -0.4 is 5.32 Å². The van der Waals surface area contributed by atoms with Crippen LogP contribution in [-0.4, -0.2) is 63.9 Å². The van der Waals surface area contributed by atoms with Crippen LogP contribution >= 0.6 is 23.5 Å². The topological polar surface area (TPSA) is 115 Å². The summed E-state index contributed by atoms with van der Waals surface area (Å²) >= 11 is 2.44. The predicted octanol–water partition coefficient (Wildman–Crippen LogP) is 1.30. The normalized spacial score (nSPS) is 20.5. The number of ether oxygens (including phenoxy) is 2. The molecule has 2 aliphatic rings. The number of rotatable bonds is 6. The summed E-state index contributed by atoms with van der Waals surface area (Å²) in [4.78, 5) is 53.4. The Hall–Kier alpha value is -2.53. The van der Waals surface area contributed by atoms with Gasteiger partial charge in [0.25, 0.3) is 11.1 Å². The van der Waals surface area contributed by atoms with Crippen LogP contribution in [0.1, 0.15) is 12.5 Å². The Labute approximate surface area is 175 Å². The second-order valence-corrected chi connectivity index (χ2v) is 8.24. The lowest BCUT2D eigenvalue weighted by atomic mass is 10.0. The van der Waals surface area contributed by atoms with Gasteiger partial charge in [-0.1, -0.05) is 11.8 Å². The van der Waals surface area contributed by atoms with Crippen molar-refractivity contribution in [1.29, 1.82) is 0 Å². The van der Waals surface area contributed by atoms with Gasteiger partial charge in [0.1, 0.15) is 23.7 Å². The molecule has 0 aromatic carbocycles. The molecule has 0 radical (unpaired) electrons. The molecule has 154 valence electrons. The molecule has 9 nitrogen and oxygen atoms in total. The van der Waals surface area contributed by atoms with E-state index in [-0.39, 0.29) is 17.5 Å². The number of fused-ring (bicyclic) bond motifs is 1. The molecule has 0 saturated carbocycles. The predicted molar refractivity (Wildman–Crippen MR) is 107 cm³/mol. The summed E-state index contributed by atoms with van der Waals surface area (Å²) in [6.07, 6.45) is 3.29. The van der Waals surface area contributed by atoms with Crippen LogP contribution in [0.3, 0.4) is 0 Å². The number of nitrogens with one attached hydrogen (secondary N) is 1. The Morgan fingerprint density at radius 1 is 1.34 bits per heavy atom. The molecule has 0 spiro atoms. The van der Waals surface area contributed by atoms with Crippen LogP contribution in [0, 0.1) is 0 Å². The van der Waals surface area contributed by atoms with E-state index in [4.69, 9.17) is 9.47 Å². The number of nitrogens with zero attached hydrogens (tertiary/aromatic N) is 2. The molecule has 2 amide bonds. The van der Waals surface area contributed by atoms with Gasteiger partial charge in [-0.25, -0.2) is 4.79 Å². The maximum absolute atomic E-state index is 12.7. The van der Waals surface area contributed by atoms with Crippen molar-refractivity contribution < 1.29 is 28.7 Å². The molecule has 1 aromatic heterocycles. The number of β-lactam (4-membered cyclic amide) rings is 1. The van der Waals surface area contributed by atoms with Gasteiger partial charge in [-0.2, -0.15) is 0 Å². The van der Waals surface area contributed by atoms with Gasteiger partial charge in [-0.3, -0.25) is 24.3 Å². The molecule has 1 N–H and O–H groups in total. The van der Waals surface area contributed by atoms with E-state index in [1.165, 1.54) is 30.7 Å². The van der Waals surface area contributed by atoms with E-state index in [9.17, 15) is 19.2 Å². The highest BCUT2D eigenvalue weighted by Gasteiger charge is 2.54. The van der Waals surface area contributed by atoms with E-state index in [0.29, 0.717) is 17.1 Å². The van der Waals surface area contributed by atoms with Gasteiger partial charge in [-0.05, 0) is 17.7 Å². The minimum Gasteiger partial charge on any atom is -0.464 e. The van der Waals surface area contributed by atoms with Crippen molar-refractivity contribution >= 4 is 46.6 Å². The SMILES string of the molecule is COC(=O)C1=C(COC(C)=O)CS[C@@H]2[C@H](NC(=O)SCc3ccncc3)C(=O)N12. The first kappa shape index (κ1) is 21.2. The first-order valence-corrected chi connectivity index (χ1v) is 10.7. The van der Waals surface area contributed by atoms with Crippen LogP contribution in [0.2, 0.25) is 0 Å². The van der Waals surface area contributed by atoms with Gasteiger partial charge in [-0.15, -0.1) is 11.8 Å². The summed E-state index contributed by atoms with van der Waals surface area (Å²) in [7, 11) is 1.22. The van der Waals surface area contributed by atoms with Crippen molar-refractivity contribution in [1.82, 2.24) is 15.2 Å². The van der Waals surface area contributed by atoms with Gasteiger partial charge in [0.2, 0.25) is 0 Å². The third kappa shape index (κ3) is 4.73. The fourth-order valence-corrected chi connectivity index (χ4v) is 4.89. The molecule has 11 heteroatoms. The van der Waals surface area contributed by atoms with E-state index in [2.05, 4.69) is 10.3 Å². The third-order valence-electron chi connectivity index (χ3n) is 4.27. The number of aromatic nitrogens is 1. The van der Waals surface area contributed by atoms with Crippen LogP contribution in [0.5, 0.6) is 0 Å². The molecule has 2 aliphatic heterocycles. The van der Waals surface area contributed by atoms with Gasteiger partial charge < -0.3 is 14.8 Å². The summed E-state index contributed by atoms with van der Waals surface area (Å²) in [5.41, 5.74) is 1.52. The lowest BCUT2D eigenvalue weighted by molar-refractivity contribution is -0.150. The Kier molecular flexibility index (Phi) is 6.80. The minimum atomic E-state index is -0.729. The summed E-state index contributed by atoms with van der Waals surface area (Å²) < 4.78 is 9.78. The van der Waals surface area contributed by atoms with Crippen LogP contribution in [0.15, 0.2) is 35.8 Å². The number of hydrogen-bond donors (Lipinski definition) is 1. The smallest absolute Gasteiger partial charge is 0.354 e. The fraction of sp³-hybridized carbons (Fsp3) is 0.389. The molecular weight excluding hydrogens is 418 g/mol. The Balaban J connectivity index is 1.65. The van der Waals surface area contributed by atoms with Gasteiger partial charge in [0, 0.05) is 36.4 Å². The van der Waals surface area contributed by atoms with E-state index in [1.807, 2.05) is 12.1 Å². The lowest BCUT2D eigenvalue weighted by Crippen LogP contribution is -2.70. The molecule has 0 bridgehead atoms. The summed E-state index contributed by atoms with van der Waals surface area (Å²) in [6.45, 7) is 1.17. The maximum Gasteiger partial charge on any atom is 0.354 e. The van der Waals surface area contributed by atoms with Crippen molar-refractivity contribution in [2.45, 2.75) is 24.1 Å². The maximum atomic E-state index is 12.7. The monoisotopic (exact) mass is 437 g/mol. The number of thioether (sulfide) groups is 2. The fourth-order valence-electron chi connectivity index (χ4n) is 2.86. The highest BCUT2D eigenvalue weighted by Crippen LogP contribution is 2.40. The van der Waals surface area contributed by atoms with Crippen LogP contribution in [0.25, 0.3) is 0 Å². The number of carbonyl (C=O) groups excluding carboxylic acids is 4. The van der Waals surface area contributed by atoms with Gasteiger partial charge >= 0.3 is 11.9 Å². The largest absolute Gasteiger partial charge is 0.464 e. The number of amides is 2.